The van der Waals surface area contributed by atoms with Crippen LogP contribution >= 0.6 is 11.3 Å². The molecule has 2 heterocycles. The predicted octanol–water partition coefficient (Wildman–Crippen LogP) is 2.20. The molecule has 0 amide bonds. The second kappa shape index (κ2) is 3.96. The van der Waals surface area contributed by atoms with Crippen molar-refractivity contribution in [3.8, 4) is 0 Å². The van der Waals surface area contributed by atoms with Crippen molar-refractivity contribution in [2.75, 3.05) is 0 Å². The molecule has 3 N–H and O–H groups in total. The Morgan fingerprint density at radius 3 is 2.79 bits per heavy atom. The third kappa shape index (κ3) is 1.72. The van der Waals surface area contributed by atoms with Crippen LogP contribution in [0, 0.1) is 6.92 Å². The Kier molecular flexibility index (Phi) is 2.67. The van der Waals surface area contributed by atoms with Crippen molar-refractivity contribution in [2.45, 2.75) is 13.0 Å². The molecule has 1 atom stereocenters. The van der Waals surface area contributed by atoms with Crippen molar-refractivity contribution in [1.82, 2.24) is 5.43 Å². The lowest BCUT2D eigenvalue weighted by Crippen LogP contribution is -2.27. The molecule has 74 valence electrons. The average Bonchev–Trinajstić information content (AvgIpc) is 2.79. The van der Waals surface area contributed by atoms with Gasteiger partial charge in [-0.05, 0) is 31.2 Å². The molecule has 4 heteroatoms. The summed E-state index contributed by atoms with van der Waals surface area (Å²) < 4.78 is 5.31. The van der Waals surface area contributed by atoms with Gasteiger partial charge in [0.05, 0.1) is 6.26 Å². The van der Waals surface area contributed by atoms with E-state index in [1.54, 1.807) is 17.6 Å². The van der Waals surface area contributed by atoms with Gasteiger partial charge in [0.25, 0.3) is 0 Å². The van der Waals surface area contributed by atoms with Gasteiger partial charge in [-0.25, -0.2) is 5.43 Å². The lowest BCUT2D eigenvalue weighted by Gasteiger charge is -2.10. The first-order chi connectivity index (χ1) is 6.81. The molecule has 0 saturated carbocycles. The van der Waals surface area contributed by atoms with Gasteiger partial charge < -0.3 is 4.42 Å². The lowest BCUT2D eigenvalue weighted by atomic mass is 10.2. The molecular formula is C10H12N2OS. The van der Waals surface area contributed by atoms with Crippen LogP contribution in [0.15, 0.2) is 34.9 Å². The van der Waals surface area contributed by atoms with E-state index in [1.807, 2.05) is 12.1 Å². The SMILES string of the molecule is Cc1ccc(C(NN)c2ccco2)s1. The fourth-order valence-electron chi connectivity index (χ4n) is 1.37. The zero-order valence-corrected chi connectivity index (χ0v) is 8.67. The third-order valence-electron chi connectivity index (χ3n) is 2.04. The standard InChI is InChI=1S/C10H12N2OS/c1-7-4-5-9(14-7)10(12-11)8-3-2-6-13-8/h2-6,10,12H,11H2,1H3. The number of nitrogens with two attached hydrogens (primary N) is 1. The molecular weight excluding hydrogens is 196 g/mol. The van der Waals surface area contributed by atoms with Gasteiger partial charge in [-0.15, -0.1) is 11.3 Å². The summed E-state index contributed by atoms with van der Waals surface area (Å²) in [5, 5.41) is 0. The summed E-state index contributed by atoms with van der Waals surface area (Å²) in [6.45, 7) is 2.07. The Morgan fingerprint density at radius 2 is 2.29 bits per heavy atom. The molecule has 0 aliphatic heterocycles. The number of hydrogen-bond donors (Lipinski definition) is 2. The first-order valence-corrected chi connectivity index (χ1v) is 5.19. The Bertz CT molecular complexity index is 394. The van der Waals surface area contributed by atoms with Crippen LogP contribution in [-0.4, -0.2) is 0 Å². The Labute approximate surface area is 86.5 Å². The fourth-order valence-corrected chi connectivity index (χ4v) is 2.31. The normalized spacial score (nSPS) is 13.0. The topological polar surface area (TPSA) is 51.2 Å². The quantitative estimate of drug-likeness (QED) is 0.600. The molecule has 1 unspecified atom stereocenters. The zero-order chi connectivity index (χ0) is 9.97. The van der Waals surface area contributed by atoms with Crippen LogP contribution in [0.3, 0.4) is 0 Å². The number of furan rings is 1. The van der Waals surface area contributed by atoms with Gasteiger partial charge in [0.1, 0.15) is 11.8 Å². The zero-order valence-electron chi connectivity index (χ0n) is 7.86. The van der Waals surface area contributed by atoms with E-state index in [-0.39, 0.29) is 6.04 Å². The molecule has 3 nitrogen and oxygen atoms in total. The molecule has 0 aliphatic carbocycles. The minimum Gasteiger partial charge on any atom is -0.467 e. The van der Waals surface area contributed by atoms with Crippen molar-refractivity contribution < 1.29 is 4.42 Å². The molecule has 0 spiro atoms. The molecule has 2 rings (SSSR count). The summed E-state index contributed by atoms with van der Waals surface area (Å²) in [6, 6.07) is 7.88. The van der Waals surface area contributed by atoms with Gasteiger partial charge in [0, 0.05) is 9.75 Å². The van der Waals surface area contributed by atoms with Crippen molar-refractivity contribution in [3.63, 3.8) is 0 Å². The first kappa shape index (κ1) is 9.45. The molecule has 0 saturated heterocycles. The van der Waals surface area contributed by atoms with Crippen LogP contribution < -0.4 is 11.3 Å². The van der Waals surface area contributed by atoms with Crippen molar-refractivity contribution in [3.05, 3.63) is 46.0 Å². The third-order valence-corrected chi connectivity index (χ3v) is 3.11. The summed E-state index contributed by atoms with van der Waals surface area (Å²) in [7, 11) is 0. The average molecular weight is 208 g/mol. The molecule has 2 aromatic rings. The highest BCUT2D eigenvalue weighted by atomic mass is 32.1. The van der Waals surface area contributed by atoms with E-state index in [9.17, 15) is 0 Å². The van der Waals surface area contributed by atoms with Gasteiger partial charge in [-0.2, -0.15) is 0 Å². The van der Waals surface area contributed by atoms with Gasteiger partial charge >= 0.3 is 0 Å². The second-order valence-electron chi connectivity index (χ2n) is 3.06. The Morgan fingerprint density at radius 1 is 1.43 bits per heavy atom. The second-order valence-corrected chi connectivity index (χ2v) is 4.38. The molecule has 0 radical (unpaired) electrons. The van der Waals surface area contributed by atoms with Gasteiger partial charge in [0.2, 0.25) is 0 Å². The molecule has 0 aliphatic rings. The van der Waals surface area contributed by atoms with Gasteiger partial charge in [-0.3, -0.25) is 5.84 Å². The number of hydrogen-bond acceptors (Lipinski definition) is 4. The van der Waals surface area contributed by atoms with Crippen molar-refractivity contribution >= 4 is 11.3 Å². The smallest absolute Gasteiger partial charge is 0.127 e. The van der Waals surface area contributed by atoms with E-state index >= 15 is 0 Å². The van der Waals surface area contributed by atoms with Crippen LogP contribution in [0.1, 0.15) is 21.6 Å². The highest BCUT2D eigenvalue weighted by Gasteiger charge is 2.16. The first-order valence-electron chi connectivity index (χ1n) is 4.37. The lowest BCUT2D eigenvalue weighted by molar-refractivity contribution is 0.455. The fraction of sp³-hybridized carbons (Fsp3) is 0.200. The van der Waals surface area contributed by atoms with Crippen LogP contribution in [0.25, 0.3) is 0 Å². The van der Waals surface area contributed by atoms with E-state index in [0.29, 0.717) is 0 Å². The van der Waals surface area contributed by atoms with E-state index in [2.05, 4.69) is 24.5 Å². The van der Waals surface area contributed by atoms with Crippen LogP contribution in [0.2, 0.25) is 0 Å². The maximum atomic E-state index is 5.50. The summed E-state index contributed by atoms with van der Waals surface area (Å²) in [5.74, 6) is 6.34. The summed E-state index contributed by atoms with van der Waals surface area (Å²) in [5.41, 5.74) is 2.75. The number of aryl methyl sites for hydroxylation is 1. The molecule has 0 fully saturated rings. The minimum atomic E-state index is -0.0382. The number of nitrogens with one attached hydrogen (secondary N) is 1. The number of hydrazine groups is 1. The highest BCUT2D eigenvalue weighted by Crippen LogP contribution is 2.27. The van der Waals surface area contributed by atoms with Crippen LogP contribution in [-0.2, 0) is 0 Å². The monoisotopic (exact) mass is 208 g/mol. The number of thiophene rings is 1. The Hall–Kier alpha value is -1.10. The van der Waals surface area contributed by atoms with E-state index in [1.165, 1.54) is 9.75 Å². The molecule has 0 aromatic carbocycles. The predicted molar refractivity (Wildman–Crippen MR) is 56.9 cm³/mol. The molecule has 14 heavy (non-hydrogen) atoms. The van der Waals surface area contributed by atoms with E-state index < -0.39 is 0 Å². The summed E-state index contributed by atoms with van der Waals surface area (Å²) in [6.07, 6.45) is 1.65. The van der Waals surface area contributed by atoms with Crippen LogP contribution in [0.5, 0.6) is 0 Å². The molecule has 0 bridgehead atoms. The highest BCUT2D eigenvalue weighted by molar-refractivity contribution is 7.12. The van der Waals surface area contributed by atoms with Crippen LogP contribution in [0.4, 0.5) is 0 Å². The van der Waals surface area contributed by atoms with E-state index in [0.717, 1.165) is 5.76 Å². The minimum absolute atomic E-state index is 0.0382. The van der Waals surface area contributed by atoms with Gasteiger partial charge in [-0.1, -0.05) is 0 Å². The van der Waals surface area contributed by atoms with Crippen molar-refractivity contribution in [1.29, 1.82) is 0 Å². The van der Waals surface area contributed by atoms with Crippen molar-refractivity contribution in [2.24, 2.45) is 5.84 Å². The summed E-state index contributed by atoms with van der Waals surface area (Å²) in [4.78, 5) is 2.44. The maximum absolute atomic E-state index is 5.50. The maximum Gasteiger partial charge on any atom is 0.127 e. The Balaban J connectivity index is 2.31. The summed E-state index contributed by atoms with van der Waals surface area (Å²) >= 11 is 1.72. The molecule has 2 aromatic heterocycles. The van der Waals surface area contributed by atoms with Gasteiger partial charge in [0.15, 0.2) is 0 Å². The number of rotatable bonds is 3. The van der Waals surface area contributed by atoms with E-state index in [4.69, 9.17) is 10.3 Å². The largest absolute Gasteiger partial charge is 0.467 e.